The molecule has 0 aliphatic heterocycles. The quantitative estimate of drug-likeness (QED) is 0.278. The summed E-state index contributed by atoms with van der Waals surface area (Å²) in [5, 5.41) is 10.1. The number of pyridine rings is 1. The third-order valence-electron chi connectivity index (χ3n) is 5.47. The summed E-state index contributed by atoms with van der Waals surface area (Å²) in [7, 11) is 0. The lowest BCUT2D eigenvalue weighted by atomic mass is 10.1. The first-order chi connectivity index (χ1) is 17.5. The third-order valence-corrected chi connectivity index (χ3v) is 5.47. The number of carbonyl (C=O) groups excluding carboxylic acids is 2. The van der Waals surface area contributed by atoms with Crippen molar-refractivity contribution < 1.29 is 14.0 Å². The highest BCUT2D eigenvalue weighted by atomic mass is 19.1. The number of aromatic nitrogens is 3. The molecule has 0 spiro atoms. The number of nitrogens with one attached hydrogen (secondary N) is 2. The maximum absolute atomic E-state index is 13.7. The molecule has 0 unspecified atom stereocenters. The number of hydrogen-bond donors (Lipinski definition) is 2. The van der Waals surface area contributed by atoms with E-state index in [0.717, 1.165) is 22.4 Å². The topological polar surface area (TPSA) is 88.9 Å². The Morgan fingerprint density at radius 1 is 1.03 bits per heavy atom. The van der Waals surface area contributed by atoms with Crippen LogP contribution < -0.4 is 10.6 Å². The molecule has 0 aliphatic rings. The molecule has 2 aromatic heterocycles. The van der Waals surface area contributed by atoms with Crippen molar-refractivity contribution in [2.75, 3.05) is 13.1 Å². The zero-order valence-electron chi connectivity index (χ0n) is 19.8. The van der Waals surface area contributed by atoms with E-state index in [1.54, 1.807) is 37.5 Å². The van der Waals surface area contributed by atoms with Crippen molar-refractivity contribution in [2.24, 2.45) is 0 Å². The standard InChI is InChI=1S/C28H26FN5O2/c1-20-9-10-22(16-25(20)29)28(36)32-15-14-31-26(35)12-11-24-19-34(18-21-6-3-2-4-7-21)33-27(24)23-8-5-13-30-17-23/h2-13,16-17,19H,14-15,18H2,1H3,(H,31,35)(H,32,36). The van der Waals surface area contributed by atoms with E-state index >= 15 is 0 Å². The van der Waals surface area contributed by atoms with Crippen LogP contribution in [-0.2, 0) is 11.3 Å². The minimum Gasteiger partial charge on any atom is -0.351 e. The Bertz CT molecular complexity index is 1370. The summed E-state index contributed by atoms with van der Waals surface area (Å²) in [6.07, 6.45) is 8.46. The number of amides is 2. The van der Waals surface area contributed by atoms with E-state index in [0.29, 0.717) is 12.1 Å². The van der Waals surface area contributed by atoms with Gasteiger partial charge in [0.2, 0.25) is 5.91 Å². The van der Waals surface area contributed by atoms with Crippen LogP contribution in [0.3, 0.4) is 0 Å². The van der Waals surface area contributed by atoms with Gasteiger partial charge in [0.05, 0.1) is 6.54 Å². The van der Waals surface area contributed by atoms with E-state index < -0.39 is 11.7 Å². The highest BCUT2D eigenvalue weighted by Crippen LogP contribution is 2.23. The molecule has 0 atom stereocenters. The third kappa shape index (κ3) is 6.50. The zero-order chi connectivity index (χ0) is 25.3. The molecule has 0 radical (unpaired) electrons. The second-order valence-electron chi connectivity index (χ2n) is 8.20. The largest absolute Gasteiger partial charge is 0.351 e. The van der Waals surface area contributed by atoms with E-state index in [9.17, 15) is 14.0 Å². The predicted octanol–water partition coefficient (Wildman–Crippen LogP) is 4.00. The molecule has 0 saturated carbocycles. The van der Waals surface area contributed by atoms with E-state index in [1.807, 2.05) is 53.3 Å². The first-order valence-electron chi connectivity index (χ1n) is 11.5. The lowest BCUT2D eigenvalue weighted by molar-refractivity contribution is -0.116. The maximum atomic E-state index is 13.7. The molecule has 2 aromatic carbocycles. The van der Waals surface area contributed by atoms with Crippen LogP contribution in [-0.4, -0.2) is 39.7 Å². The molecule has 7 nitrogen and oxygen atoms in total. The molecular weight excluding hydrogens is 457 g/mol. The zero-order valence-corrected chi connectivity index (χ0v) is 19.8. The highest BCUT2D eigenvalue weighted by Gasteiger charge is 2.11. The Balaban J connectivity index is 1.36. The van der Waals surface area contributed by atoms with E-state index in [2.05, 4.69) is 15.6 Å². The summed E-state index contributed by atoms with van der Waals surface area (Å²) in [5.41, 5.74) is 4.17. The first kappa shape index (κ1) is 24.5. The van der Waals surface area contributed by atoms with Gasteiger partial charge in [-0.25, -0.2) is 4.39 Å². The molecule has 8 heteroatoms. The molecule has 36 heavy (non-hydrogen) atoms. The van der Waals surface area contributed by atoms with E-state index in [4.69, 9.17) is 5.10 Å². The smallest absolute Gasteiger partial charge is 0.251 e. The van der Waals surface area contributed by atoms with Gasteiger partial charge in [0.1, 0.15) is 11.5 Å². The average molecular weight is 484 g/mol. The SMILES string of the molecule is Cc1ccc(C(=O)NCCNC(=O)C=Cc2cn(Cc3ccccc3)nc2-c2cccnc2)cc1F. The Kier molecular flexibility index (Phi) is 7.97. The molecule has 2 amide bonds. The molecule has 4 rings (SSSR count). The second-order valence-corrected chi connectivity index (χ2v) is 8.20. The average Bonchev–Trinajstić information content (AvgIpc) is 3.30. The number of hydrogen-bond acceptors (Lipinski definition) is 4. The fourth-order valence-electron chi connectivity index (χ4n) is 3.56. The van der Waals surface area contributed by atoms with Gasteiger partial charge in [-0.05, 0) is 48.4 Å². The summed E-state index contributed by atoms with van der Waals surface area (Å²) < 4.78 is 15.5. The van der Waals surface area contributed by atoms with Crippen molar-refractivity contribution in [1.29, 1.82) is 0 Å². The molecule has 0 bridgehead atoms. The van der Waals surface area contributed by atoms with Gasteiger partial charge >= 0.3 is 0 Å². The summed E-state index contributed by atoms with van der Waals surface area (Å²) >= 11 is 0. The van der Waals surface area contributed by atoms with Crippen LogP contribution in [0.5, 0.6) is 0 Å². The molecule has 4 aromatic rings. The minimum atomic E-state index is -0.432. The second kappa shape index (κ2) is 11.7. The summed E-state index contributed by atoms with van der Waals surface area (Å²) in [4.78, 5) is 28.7. The molecule has 0 aliphatic carbocycles. The fourth-order valence-corrected chi connectivity index (χ4v) is 3.56. The Labute approximate surface area is 208 Å². The number of carbonyl (C=O) groups is 2. The van der Waals surface area contributed by atoms with E-state index in [-0.39, 0.29) is 24.6 Å². The monoisotopic (exact) mass is 483 g/mol. The van der Waals surface area contributed by atoms with Crippen molar-refractivity contribution in [3.05, 3.63) is 113 Å². The van der Waals surface area contributed by atoms with Gasteiger partial charge in [-0.15, -0.1) is 0 Å². The molecule has 0 saturated heterocycles. The summed E-state index contributed by atoms with van der Waals surface area (Å²) in [5.74, 6) is -1.14. The van der Waals surface area contributed by atoms with Gasteiger partial charge in [0.15, 0.2) is 0 Å². The highest BCUT2D eigenvalue weighted by molar-refractivity contribution is 5.94. The van der Waals surface area contributed by atoms with Crippen LogP contribution in [0.15, 0.2) is 85.3 Å². The number of benzene rings is 2. The van der Waals surface area contributed by atoms with Crippen LogP contribution in [0.4, 0.5) is 4.39 Å². The predicted molar refractivity (Wildman–Crippen MR) is 137 cm³/mol. The summed E-state index contributed by atoms with van der Waals surface area (Å²) in [6.45, 7) is 2.67. The van der Waals surface area contributed by atoms with Gasteiger partial charge in [-0.1, -0.05) is 36.4 Å². The molecular formula is C28H26FN5O2. The lowest BCUT2D eigenvalue weighted by Gasteiger charge is -2.06. The molecule has 2 N–H and O–H groups in total. The van der Waals surface area contributed by atoms with Crippen LogP contribution in [0, 0.1) is 12.7 Å². The number of rotatable bonds is 9. The Hall–Kier alpha value is -4.59. The fraction of sp³-hybridized carbons (Fsp3) is 0.143. The van der Waals surface area contributed by atoms with Crippen LogP contribution in [0.25, 0.3) is 17.3 Å². The lowest BCUT2D eigenvalue weighted by Crippen LogP contribution is -2.34. The van der Waals surface area contributed by atoms with Gasteiger partial charge in [-0.2, -0.15) is 5.10 Å². The van der Waals surface area contributed by atoms with Crippen LogP contribution in [0.2, 0.25) is 0 Å². The molecule has 0 fully saturated rings. The maximum Gasteiger partial charge on any atom is 0.251 e. The van der Waals surface area contributed by atoms with Crippen molar-refractivity contribution in [3.63, 3.8) is 0 Å². The summed E-state index contributed by atoms with van der Waals surface area (Å²) in [6, 6.07) is 18.1. The Morgan fingerprint density at radius 3 is 2.58 bits per heavy atom. The van der Waals surface area contributed by atoms with Gasteiger partial charge < -0.3 is 10.6 Å². The van der Waals surface area contributed by atoms with Crippen molar-refractivity contribution >= 4 is 17.9 Å². The number of aryl methyl sites for hydroxylation is 1. The van der Waals surface area contributed by atoms with Crippen LogP contribution >= 0.6 is 0 Å². The van der Waals surface area contributed by atoms with Crippen molar-refractivity contribution in [3.8, 4) is 11.3 Å². The number of halogens is 1. The van der Waals surface area contributed by atoms with Gasteiger partial charge in [0.25, 0.3) is 5.91 Å². The minimum absolute atomic E-state index is 0.212. The Morgan fingerprint density at radius 2 is 1.83 bits per heavy atom. The number of nitrogens with zero attached hydrogens (tertiary/aromatic N) is 3. The van der Waals surface area contributed by atoms with Crippen LogP contribution in [0.1, 0.15) is 27.0 Å². The van der Waals surface area contributed by atoms with E-state index in [1.165, 1.54) is 12.1 Å². The van der Waals surface area contributed by atoms with Crippen molar-refractivity contribution in [2.45, 2.75) is 13.5 Å². The van der Waals surface area contributed by atoms with Gasteiger partial charge in [0, 0.05) is 54.4 Å². The van der Waals surface area contributed by atoms with Crippen molar-refractivity contribution in [1.82, 2.24) is 25.4 Å². The molecule has 2 heterocycles. The normalized spacial score (nSPS) is 10.9. The molecule has 182 valence electrons. The first-order valence-corrected chi connectivity index (χ1v) is 11.5. The van der Waals surface area contributed by atoms with Gasteiger partial charge in [-0.3, -0.25) is 19.3 Å².